The largest absolute Gasteiger partial charge is 0.363 e. The molecular weight excluding hydrogens is 184 g/mol. The Kier molecular flexibility index (Phi) is 3.38. The summed E-state index contributed by atoms with van der Waals surface area (Å²) in [7, 11) is 0. The van der Waals surface area contributed by atoms with Crippen LogP contribution in [-0.4, -0.2) is 24.3 Å². The van der Waals surface area contributed by atoms with Gasteiger partial charge in [-0.3, -0.25) is 0 Å². The van der Waals surface area contributed by atoms with Gasteiger partial charge in [0, 0.05) is 13.1 Å². The lowest BCUT2D eigenvalue weighted by atomic mass is 10.1. The maximum Gasteiger partial charge on any atom is 0.0912 e. The molecule has 2 rings (SSSR count). The molecule has 0 aliphatic carbocycles. The van der Waals surface area contributed by atoms with E-state index >= 15 is 0 Å². The van der Waals surface area contributed by atoms with E-state index in [4.69, 9.17) is 0 Å². The minimum atomic E-state index is 1.09. The summed E-state index contributed by atoms with van der Waals surface area (Å²) in [5, 5.41) is 0. The van der Waals surface area contributed by atoms with E-state index in [9.17, 15) is 0 Å². The van der Waals surface area contributed by atoms with Gasteiger partial charge < -0.3 is 4.90 Å². The normalized spacial score (nSPS) is 17.3. The number of piperidine rings is 1. The van der Waals surface area contributed by atoms with Crippen molar-refractivity contribution < 1.29 is 0 Å². The van der Waals surface area contributed by atoms with Crippen molar-refractivity contribution in [3.05, 3.63) is 29.8 Å². The molecule has 0 aromatic heterocycles. The van der Waals surface area contributed by atoms with Gasteiger partial charge in [0.05, 0.1) is 12.0 Å². The molecule has 1 aliphatic heterocycles. The summed E-state index contributed by atoms with van der Waals surface area (Å²) in [6.07, 6.45) is 5.98. The van der Waals surface area contributed by atoms with Crippen molar-refractivity contribution in [3.63, 3.8) is 0 Å². The Labute approximate surface area is 91.6 Å². The zero-order valence-electron chi connectivity index (χ0n) is 9.32. The van der Waals surface area contributed by atoms with E-state index < -0.39 is 0 Å². The Hall–Kier alpha value is -1.31. The molecule has 0 atom stereocenters. The first-order valence-corrected chi connectivity index (χ1v) is 5.70. The van der Waals surface area contributed by atoms with Crippen molar-refractivity contribution in [1.82, 2.24) is 4.90 Å². The second-order valence-corrected chi connectivity index (χ2v) is 4.13. The van der Waals surface area contributed by atoms with Gasteiger partial charge in [-0.25, -0.2) is 4.99 Å². The smallest absolute Gasteiger partial charge is 0.0912 e. The lowest BCUT2D eigenvalue weighted by Gasteiger charge is -2.23. The van der Waals surface area contributed by atoms with Crippen LogP contribution < -0.4 is 0 Å². The van der Waals surface area contributed by atoms with Crippen LogP contribution in [0.1, 0.15) is 24.8 Å². The van der Waals surface area contributed by atoms with Crippen LogP contribution in [0.2, 0.25) is 0 Å². The molecule has 0 N–H and O–H groups in total. The zero-order valence-corrected chi connectivity index (χ0v) is 9.32. The zero-order chi connectivity index (χ0) is 10.5. The predicted octanol–water partition coefficient (Wildman–Crippen LogP) is 3.14. The van der Waals surface area contributed by atoms with Crippen molar-refractivity contribution in [2.75, 3.05) is 13.1 Å². The fourth-order valence-electron chi connectivity index (χ4n) is 1.89. The van der Waals surface area contributed by atoms with Crippen molar-refractivity contribution in [2.45, 2.75) is 26.2 Å². The molecule has 1 aromatic carbocycles. The first-order chi connectivity index (χ1) is 7.36. The number of hydrogen-bond donors (Lipinski definition) is 0. The minimum absolute atomic E-state index is 1.09. The van der Waals surface area contributed by atoms with Crippen molar-refractivity contribution in [2.24, 2.45) is 4.99 Å². The number of benzene rings is 1. The van der Waals surface area contributed by atoms with Gasteiger partial charge in [-0.1, -0.05) is 18.2 Å². The summed E-state index contributed by atoms with van der Waals surface area (Å²) in [6, 6.07) is 8.25. The summed E-state index contributed by atoms with van der Waals surface area (Å²) < 4.78 is 0. The molecule has 0 radical (unpaired) electrons. The molecule has 1 aromatic rings. The van der Waals surface area contributed by atoms with Gasteiger partial charge in [-0.05, 0) is 37.8 Å². The number of aryl methyl sites for hydroxylation is 1. The minimum Gasteiger partial charge on any atom is -0.363 e. The molecule has 15 heavy (non-hydrogen) atoms. The van der Waals surface area contributed by atoms with Crippen LogP contribution in [-0.2, 0) is 0 Å². The molecular formula is C13H18N2. The van der Waals surface area contributed by atoms with Crippen LogP contribution in [0.3, 0.4) is 0 Å². The third-order valence-corrected chi connectivity index (χ3v) is 2.87. The number of para-hydroxylation sites is 1. The molecule has 0 saturated carbocycles. The summed E-state index contributed by atoms with van der Waals surface area (Å²) >= 11 is 0. The lowest BCUT2D eigenvalue weighted by molar-refractivity contribution is 0.351. The summed E-state index contributed by atoms with van der Waals surface area (Å²) in [5.41, 5.74) is 2.33. The summed E-state index contributed by atoms with van der Waals surface area (Å²) in [5.74, 6) is 0. The van der Waals surface area contributed by atoms with Gasteiger partial charge in [0.1, 0.15) is 0 Å². The Balaban J connectivity index is 2.01. The molecule has 1 heterocycles. The Morgan fingerprint density at radius 3 is 2.60 bits per heavy atom. The first kappa shape index (κ1) is 10.2. The van der Waals surface area contributed by atoms with Crippen molar-refractivity contribution >= 4 is 12.0 Å². The SMILES string of the molecule is Cc1ccccc1N=CN1CCCCC1. The van der Waals surface area contributed by atoms with Gasteiger partial charge in [0.2, 0.25) is 0 Å². The van der Waals surface area contributed by atoms with Crippen molar-refractivity contribution in [3.8, 4) is 0 Å². The topological polar surface area (TPSA) is 15.6 Å². The molecule has 80 valence electrons. The standard InChI is InChI=1S/C13H18N2/c1-12-7-3-4-8-13(12)14-11-15-9-5-2-6-10-15/h3-4,7-8,11H,2,5-6,9-10H2,1H3. The van der Waals surface area contributed by atoms with Crippen LogP contribution in [0.4, 0.5) is 5.69 Å². The molecule has 0 spiro atoms. The molecule has 0 unspecified atom stereocenters. The second kappa shape index (κ2) is 4.96. The Bertz CT molecular complexity index is 338. The van der Waals surface area contributed by atoms with Crippen molar-refractivity contribution in [1.29, 1.82) is 0 Å². The second-order valence-electron chi connectivity index (χ2n) is 4.13. The summed E-state index contributed by atoms with van der Waals surface area (Å²) in [6.45, 7) is 4.42. The van der Waals surface area contributed by atoms with Gasteiger partial charge in [0.15, 0.2) is 0 Å². The van der Waals surface area contributed by atoms with Crippen LogP contribution in [0, 0.1) is 6.92 Å². The predicted molar refractivity (Wildman–Crippen MR) is 64.8 cm³/mol. The highest BCUT2D eigenvalue weighted by molar-refractivity contribution is 5.63. The van der Waals surface area contributed by atoms with E-state index in [2.05, 4.69) is 35.0 Å². The molecule has 2 heteroatoms. The summed E-state index contributed by atoms with van der Waals surface area (Å²) in [4.78, 5) is 6.85. The highest BCUT2D eigenvalue weighted by atomic mass is 15.1. The number of likely N-dealkylation sites (tertiary alicyclic amines) is 1. The highest BCUT2D eigenvalue weighted by Crippen LogP contribution is 2.17. The quantitative estimate of drug-likeness (QED) is 0.531. The lowest BCUT2D eigenvalue weighted by Crippen LogP contribution is -2.28. The van der Waals surface area contributed by atoms with E-state index in [1.165, 1.54) is 24.8 Å². The van der Waals surface area contributed by atoms with Crippen LogP contribution in [0.25, 0.3) is 0 Å². The van der Waals surface area contributed by atoms with E-state index in [0.717, 1.165) is 18.8 Å². The van der Waals surface area contributed by atoms with E-state index in [1.54, 1.807) is 0 Å². The fraction of sp³-hybridized carbons (Fsp3) is 0.462. The molecule has 1 aliphatic rings. The number of rotatable bonds is 2. The molecule has 2 nitrogen and oxygen atoms in total. The number of aliphatic imine (C=N–C) groups is 1. The maximum atomic E-state index is 4.53. The Morgan fingerprint density at radius 2 is 1.87 bits per heavy atom. The first-order valence-electron chi connectivity index (χ1n) is 5.70. The third-order valence-electron chi connectivity index (χ3n) is 2.87. The fourth-order valence-corrected chi connectivity index (χ4v) is 1.89. The van der Waals surface area contributed by atoms with Gasteiger partial charge >= 0.3 is 0 Å². The van der Waals surface area contributed by atoms with E-state index in [-0.39, 0.29) is 0 Å². The van der Waals surface area contributed by atoms with E-state index in [1.807, 2.05) is 12.4 Å². The maximum absolute atomic E-state index is 4.53. The molecule has 1 saturated heterocycles. The monoisotopic (exact) mass is 202 g/mol. The van der Waals surface area contributed by atoms with Crippen LogP contribution >= 0.6 is 0 Å². The van der Waals surface area contributed by atoms with Gasteiger partial charge in [0.25, 0.3) is 0 Å². The van der Waals surface area contributed by atoms with E-state index in [0.29, 0.717) is 0 Å². The van der Waals surface area contributed by atoms with Crippen LogP contribution in [0.15, 0.2) is 29.3 Å². The average molecular weight is 202 g/mol. The molecule has 0 bridgehead atoms. The number of hydrogen-bond acceptors (Lipinski definition) is 1. The number of nitrogens with zero attached hydrogens (tertiary/aromatic N) is 2. The average Bonchev–Trinajstić information content (AvgIpc) is 2.29. The molecule has 1 fully saturated rings. The van der Waals surface area contributed by atoms with Gasteiger partial charge in [-0.2, -0.15) is 0 Å². The van der Waals surface area contributed by atoms with Crippen LogP contribution in [0.5, 0.6) is 0 Å². The Morgan fingerprint density at radius 1 is 1.13 bits per heavy atom. The molecule has 0 amide bonds. The van der Waals surface area contributed by atoms with Gasteiger partial charge in [-0.15, -0.1) is 0 Å². The third kappa shape index (κ3) is 2.82. The highest BCUT2D eigenvalue weighted by Gasteiger charge is 2.05.